The van der Waals surface area contributed by atoms with Crippen molar-refractivity contribution < 1.29 is 24.2 Å². The van der Waals surface area contributed by atoms with Gasteiger partial charge in [-0.25, -0.2) is 9.59 Å². The number of hydrogen-bond acceptors (Lipinski definition) is 4. The highest BCUT2D eigenvalue weighted by Crippen LogP contribution is 2.17. The third-order valence-electron chi connectivity index (χ3n) is 2.43. The number of aromatic nitrogens is 1. The van der Waals surface area contributed by atoms with Crippen LogP contribution in [0.25, 0.3) is 0 Å². The zero-order chi connectivity index (χ0) is 15.3. The smallest absolute Gasteiger partial charge is 0.354 e. The SMILES string of the molecule is CCOC(=O)CN(C)C(=O)Nc1cc(C)[nH]c1C(=O)O. The Kier molecular flexibility index (Phi) is 5.13. The third-order valence-corrected chi connectivity index (χ3v) is 2.43. The normalized spacial score (nSPS) is 9.95. The Bertz CT molecular complexity index is 523. The number of carboxylic acids is 1. The predicted octanol–water partition coefficient (Wildman–Crippen LogP) is 1.05. The summed E-state index contributed by atoms with van der Waals surface area (Å²) in [6.07, 6.45) is 0. The molecule has 3 N–H and O–H groups in total. The summed E-state index contributed by atoms with van der Waals surface area (Å²) < 4.78 is 4.72. The molecule has 1 aromatic rings. The fourth-order valence-corrected chi connectivity index (χ4v) is 1.54. The lowest BCUT2D eigenvalue weighted by Gasteiger charge is -2.16. The van der Waals surface area contributed by atoms with E-state index in [1.807, 2.05) is 0 Å². The van der Waals surface area contributed by atoms with Crippen LogP contribution in [0.15, 0.2) is 6.07 Å². The van der Waals surface area contributed by atoms with Gasteiger partial charge in [0.15, 0.2) is 0 Å². The predicted molar refractivity (Wildman–Crippen MR) is 70.8 cm³/mol. The molecule has 8 heteroatoms. The van der Waals surface area contributed by atoms with Gasteiger partial charge in [-0.2, -0.15) is 0 Å². The average molecular weight is 283 g/mol. The van der Waals surface area contributed by atoms with E-state index < -0.39 is 18.0 Å². The first kappa shape index (κ1) is 15.5. The Hall–Kier alpha value is -2.51. The molecule has 0 aliphatic heterocycles. The van der Waals surface area contributed by atoms with Crippen LogP contribution >= 0.6 is 0 Å². The largest absolute Gasteiger partial charge is 0.477 e. The monoisotopic (exact) mass is 283 g/mol. The fraction of sp³-hybridized carbons (Fsp3) is 0.417. The first-order valence-corrected chi connectivity index (χ1v) is 5.95. The van der Waals surface area contributed by atoms with Gasteiger partial charge >= 0.3 is 18.0 Å². The number of aryl methyl sites for hydroxylation is 1. The van der Waals surface area contributed by atoms with Gasteiger partial charge in [0, 0.05) is 12.7 Å². The maximum Gasteiger partial charge on any atom is 0.354 e. The minimum Gasteiger partial charge on any atom is -0.477 e. The number of esters is 1. The molecule has 0 aliphatic rings. The van der Waals surface area contributed by atoms with Gasteiger partial charge in [-0.05, 0) is 19.9 Å². The molecule has 2 amide bonds. The number of urea groups is 1. The van der Waals surface area contributed by atoms with Crippen molar-refractivity contribution in [3.63, 3.8) is 0 Å². The van der Waals surface area contributed by atoms with Gasteiger partial charge in [-0.1, -0.05) is 0 Å². The van der Waals surface area contributed by atoms with E-state index in [2.05, 4.69) is 10.3 Å². The summed E-state index contributed by atoms with van der Waals surface area (Å²) in [5.41, 5.74) is 0.641. The Morgan fingerprint density at radius 1 is 1.45 bits per heavy atom. The van der Waals surface area contributed by atoms with Gasteiger partial charge in [0.1, 0.15) is 12.2 Å². The minimum atomic E-state index is -1.18. The number of hydrogen-bond donors (Lipinski definition) is 3. The standard InChI is InChI=1S/C12H17N3O5/c1-4-20-9(16)6-15(3)12(19)14-8-5-7(2)13-10(8)11(17)18/h5,13H,4,6H2,1-3H3,(H,14,19)(H,17,18). The molecule has 1 rings (SSSR count). The van der Waals surface area contributed by atoms with E-state index in [0.29, 0.717) is 5.69 Å². The summed E-state index contributed by atoms with van der Waals surface area (Å²) in [4.78, 5) is 37.8. The van der Waals surface area contributed by atoms with Gasteiger partial charge in [0.25, 0.3) is 0 Å². The molecule has 8 nitrogen and oxygen atoms in total. The molecule has 0 aliphatic carbocycles. The van der Waals surface area contributed by atoms with Crippen molar-refractivity contribution in [2.24, 2.45) is 0 Å². The van der Waals surface area contributed by atoms with Crippen molar-refractivity contribution in [3.05, 3.63) is 17.5 Å². The van der Waals surface area contributed by atoms with E-state index in [4.69, 9.17) is 9.84 Å². The first-order valence-electron chi connectivity index (χ1n) is 5.95. The number of nitrogens with zero attached hydrogens (tertiary/aromatic N) is 1. The quantitative estimate of drug-likeness (QED) is 0.699. The summed E-state index contributed by atoms with van der Waals surface area (Å²) in [7, 11) is 1.41. The van der Waals surface area contributed by atoms with Crippen molar-refractivity contribution in [1.29, 1.82) is 0 Å². The van der Waals surface area contributed by atoms with Crippen LogP contribution in [0.3, 0.4) is 0 Å². The highest BCUT2D eigenvalue weighted by atomic mass is 16.5. The highest BCUT2D eigenvalue weighted by Gasteiger charge is 2.18. The van der Waals surface area contributed by atoms with Crippen LogP contribution in [0, 0.1) is 6.92 Å². The van der Waals surface area contributed by atoms with Crippen molar-refractivity contribution >= 4 is 23.7 Å². The van der Waals surface area contributed by atoms with Crippen molar-refractivity contribution in [3.8, 4) is 0 Å². The number of anilines is 1. The van der Waals surface area contributed by atoms with Gasteiger partial charge in [0.2, 0.25) is 0 Å². The Labute approximate surface area is 115 Å². The van der Waals surface area contributed by atoms with Gasteiger partial charge in [0.05, 0.1) is 12.3 Å². The van der Waals surface area contributed by atoms with E-state index in [9.17, 15) is 14.4 Å². The molecule has 0 bridgehead atoms. The van der Waals surface area contributed by atoms with E-state index in [-0.39, 0.29) is 24.5 Å². The van der Waals surface area contributed by atoms with Crippen molar-refractivity contribution in [2.75, 3.05) is 25.5 Å². The molecule has 0 atom stereocenters. The number of H-pyrrole nitrogens is 1. The summed E-state index contributed by atoms with van der Waals surface area (Å²) >= 11 is 0. The number of carbonyl (C=O) groups is 3. The zero-order valence-electron chi connectivity index (χ0n) is 11.5. The second-order valence-corrected chi connectivity index (χ2v) is 4.14. The second-order valence-electron chi connectivity index (χ2n) is 4.14. The lowest BCUT2D eigenvalue weighted by molar-refractivity contribution is -0.143. The van der Waals surface area contributed by atoms with E-state index in [0.717, 1.165) is 4.90 Å². The Balaban J connectivity index is 2.70. The number of rotatable bonds is 5. The minimum absolute atomic E-state index is 0.111. The molecule has 0 saturated heterocycles. The number of aromatic amines is 1. The van der Waals surface area contributed by atoms with Crippen molar-refractivity contribution in [2.45, 2.75) is 13.8 Å². The zero-order valence-corrected chi connectivity index (χ0v) is 11.5. The molecule has 110 valence electrons. The lowest BCUT2D eigenvalue weighted by Crippen LogP contribution is -2.36. The number of likely N-dealkylation sites (N-methyl/N-ethyl adjacent to an activating group) is 1. The van der Waals surface area contributed by atoms with Crippen LogP contribution in [0.2, 0.25) is 0 Å². The molecule has 0 spiro atoms. The van der Waals surface area contributed by atoms with E-state index >= 15 is 0 Å². The number of aromatic carboxylic acids is 1. The van der Waals surface area contributed by atoms with Crippen molar-refractivity contribution in [1.82, 2.24) is 9.88 Å². The summed E-state index contributed by atoms with van der Waals surface area (Å²) in [5, 5.41) is 11.4. The molecule has 0 aromatic carbocycles. The molecular formula is C12H17N3O5. The molecule has 20 heavy (non-hydrogen) atoms. The van der Waals surface area contributed by atoms with Crippen LogP contribution in [-0.2, 0) is 9.53 Å². The number of nitrogens with one attached hydrogen (secondary N) is 2. The van der Waals surface area contributed by atoms with Crippen LogP contribution in [0.5, 0.6) is 0 Å². The van der Waals surface area contributed by atoms with Crippen LogP contribution in [-0.4, -0.2) is 53.2 Å². The first-order chi connectivity index (χ1) is 9.35. The molecule has 0 radical (unpaired) electrons. The van der Waals surface area contributed by atoms with Gasteiger partial charge in [-0.15, -0.1) is 0 Å². The molecule has 0 saturated carbocycles. The molecular weight excluding hydrogens is 266 g/mol. The van der Waals surface area contributed by atoms with Crippen LogP contribution in [0.4, 0.5) is 10.5 Å². The maximum atomic E-state index is 11.8. The molecule has 0 unspecified atom stereocenters. The average Bonchev–Trinajstić information content (AvgIpc) is 2.70. The fourth-order valence-electron chi connectivity index (χ4n) is 1.54. The van der Waals surface area contributed by atoms with E-state index in [1.165, 1.54) is 13.1 Å². The molecule has 1 aromatic heterocycles. The number of amides is 2. The lowest BCUT2D eigenvalue weighted by atomic mass is 10.3. The van der Waals surface area contributed by atoms with Crippen LogP contribution < -0.4 is 5.32 Å². The highest BCUT2D eigenvalue weighted by molar-refractivity contribution is 5.99. The summed E-state index contributed by atoms with van der Waals surface area (Å²) in [6.45, 7) is 3.35. The maximum absolute atomic E-state index is 11.8. The summed E-state index contributed by atoms with van der Waals surface area (Å²) in [5.74, 6) is -1.71. The topological polar surface area (TPSA) is 112 Å². The second kappa shape index (κ2) is 6.60. The number of carbonyl (C=O) groups excluding carboxylic acids is 2. The van der Waals surface area contributed by atoms with Gasteiger partial charge in [-0.3, -0.25) is 4.79 Å². The molecule has 1 heterocycles. The molecule has 0 fully saturated rings. The van der Waals surface area contributed by atoms with E-state index in [1.54, 1.807) is 13.8 Å². The Morgan fingerprint density at radius 2 is 2.10 bits per heavy atom. The number of ether oxygens (including phenoxy) is 1. The number of carboxylic acid groups (broad SMARTS) is 1. The van der Waals surface area contributed by atoms with Gasteiger partial charge < -0.3 is 25.0 Å². The summed E-state index contributed by atoms with van der Waals surface area (Å²) in [6, 6.07) is 0.902. The Morgan fingerprint density at radius 3 is 2.65 bits per heavy atom. The van der Waals surface area contributed by atoms with Crippen LogP contribution in [0.1, 0.15) is 23.1 Å². The third kappa shape index (κ3) is 4.01.